The van der Waals surface area contributed by atoms with Crippen LogP contribution in [0.3, 0.4) is 0 Å². The molecule has 1 N–H and O–H groups in total. The number of ether oxygens (including phenoxy) is 1. The van der Waals surface area contributed by atoms with Crippen molar-refractivity contribution in [3.63, 3.8) is 0 Å². The summed E-state index contributed by atoms with van der Waals surface area (Å²) in [6.07, 6.45) is 0. The Bertz CT molecular complexity index is 796. The molecular weight excluding hydrogens is 302 g/mol. The van der Waals surface area contributed by atoms with Crippen LogP contribution in [0.4, 0.5) is 5.69 Å². The van der Waals surface area contributed by atoms with Gasteiger partial charge in [-0.1, -0.05) is 0 Å². The lowest BCUT2D eigenvalue weighted by atomic mass is 10.1. The molecule has 0 spiro atoms. The molecule has 3 aromatic rings. The quantitative estimate of drug-likeness (QED) is 0.798. The molecule has 112 valence electrons. The van der Waals surface area contributed by atoms with E-state index in [0.717, 1.165) is 0 Å². The van der Waals surface area contributed by atoms with Crippen LogP contribution in [0.25, 0.3) is 11.5 Å². The summed E-state index contributed by atoms with van der Waals surface area (Å²) in [5.74, 6) is 1.24. The van der Waals surface area contributed by atoms with Gasteiger partial charge < -0.3 is 14.5 Å². The van der Waals surface area contributed by atoms with E-state index in [0.29, 0.717) is 34.3 Å². The highest BCUT2D eigenvalue weighted by Gasteiger charge is 2.13. The van der Waals surface area contributed by atoms with Crippen molar-refractivity contribution in [3.05, 3.63) is 46.5 Å². The van der Waals surface area contributed by atoms with Gasteiger partial charge in [0.1, 0.15) is 5.75 Å². The van der Waals surface area contributed by atoms with Gasteiger partial charge in [-0.2, -0.15) is 11.3 Å². The van der Waals surface area contributed by atoms with E-state index in [1.807, 2.05) is 5.38 Å². The van der Waals surface area contributed by atoms with Crippen LogP contribution in [0.5, 0.6) is 5.75 Å². The number of aryl methyl sites for hydroxylation is 1. The van der Waals surface area contributed by atoms with Crippen molar-refractivity contribution in [1.82, 2.24) is 10.2 Å². The minimum absolute atomic E-state index is 0.196. The molecule has 6 nitrogen and oxygen atoms in total. The Morgan fingerprint density at radius 3 is 2.82 bits per heavy atom. The second-order valence-corrected chi connectivity index (χ2v) is 5.29. The van der Waals surface area contributed by atoms with Crippen LogP contribution < -0.4 is 10.1 Å². The maximum Gasteiger partial charge on any atom is 0.256 e. The van der Waals surface area contributed by atoms with Gasteiger partial charge in [-0.05, 0) is 29.6 Å². The Hall–Kier alpha value is -2.67. The number of benzene rings is 1. The Kier molecular flexibility index (Phi) is 3.88. The van der Waals surface area contributed by atoms with E-state index in [1.54, 1.807) is 43.7 Å². The maximum atomic E-state index is 12.2. The van der Waals surface area contributed by atoms with Gasteiger partial charge in [0.2, 0.25) is 11.8 Å². The van der Waals surface area contributed by atoms with Crippen molar-refractivity contribution in [2.75, 3.05) is 12.4 Å². The fraction of sp³-hybridized carbons (Fsp3) is 0.133. The molecule has 0 aliphatic carbocycles. The second kappa shape index (κ2) is 5.98. The van der Waals surface area contributed by atoms with Gasteiger partial charge in [-0.3, -0.25) is 4.79 Å². The number of methoxy groups -OCH3 is 1. The molecule has 22 heavy (non-hydrogen) atoms. The summed E-state index contributed by atoms with van der Waals surface area (Å²) in [4.78, 5) is 12.2. The van der Waals surface area contributed by atoms with Crippen LogP contribution in [0.1, 0.15) is 16.2 Å². The second-order valence-electron chi connectivity index (χ2n) is 4.51. The van der Waals surface area contributed by atoms with Gasteiger partial charge in [0.25, 0.3) is 5.91 Å². The number of thiophene rings is 1. The highest BCUT2D eigenvalue weighted by molar-refractivity contribution is 7.08. The number of hydrogen-bond donors (Lipinski definition) is 1. The third kappa shape index (κ3) is 2.84. The molecule has 3 rings (SSSR count). The minimum Gasteiger partial charge on any atom is -0.495 e. The Morgan fingerprint density at radius 2 is 2.18 bits per heavy atom. The van der Waals surface area contributed by atoms with Crippen molar-refractivity contribution in [2.45, 2.75) is 6.92 Å². The van der Waals surface area contributed by atoms with E-state index >= 15 is 0 Å². The SMILES string of the molecule is COc1ccc(-c2nnc(C)o2)cc1NC(=O)c1ccsc1. The fourth-order valence-corrected chi connectivity index (χ4v) is 2.58. The van der Waals surface area contributed by atoms with E-state index in [-0.39, 0.29) is 5.91 Å². The zero-order chi connectivity index (χ0) is 15.5. The largest absolute Gasteiger partial charge is 0.495 e. The zero-order valence-electron chi connectivity index (χ0n) is 12.0. The Labute approximate surface area is 130 Å². The molecule has 1 aromatic carbocycles. The highest BCUT2D eigenvalue weighted by Crippen LogP contribution is 2.30. The van der Waals surface area contributed by atoms with Crippen molar-refractivity contribution < 1.29 is 13.9 Å². The standard InChI is InChI=1S/C15H13N3O3S/c1-9-17-18-15(21-9)10-3-4-13(20-2)12(7-10)16-14(19)11-5-6-22-8-11/h3-8H,1-2H3,(H,16,19). The summed E-state index contributed by atoms with van der Waals surface area (Å²) in [6, 6.07) is 7.05. The first-order chi connectivity index (χ1) is 10.7. The van der Waals surface area contributed by atoms with Crippen molar-refractivity contribution in [1.29, 1.82) is 0 Å². The number of carbonyl (C=O) groups is 1. The summed E-state index contributed by atoms with van der Waals surface area (Å²) in [5.41, 5.74) is 1.86. The summed E-state index contributed by atoms with van der Waals surface area (Å²) >= 11 is 1.47. The van der Waals surface area contributed by atoms with Crippen molar-refractivity contribution in [3.8, 4) is 17.2 Å². The number of rotatable bonds is 4. The summed E-state index contributed by atoms with van der Waals surface area (Å²) in [7, 11) is 1.55. The van der Waals surface area contributed by atoms with Gasteiger partial charge in [0, 0.05) is 17.9 Å². The van der Waals surface area contributed by atoms with E-state index in [1.165, 1.54) is 11.3 Å². The number of amides is 1. The third-order valence-corrected chi connectivity index (χ3v) is 3.69. The Balaban J connectivity index is 1.93. The monoisotopic (exact) mass is 315 g/mol. The average Bonchev–Trinajstić information content (AvgIpc) is 3.18. The molecule has 0 aliphatic heterocycles. The number of aromatic nitrogens is 2. The molecule has 2 aromatic heterocycles. The lowest BCUT2D eigenvalue weighted by Crippen LogP contribution is -2.11. The normalized spacial score (nSPS) is 10.5. The molecule has 2 heterocycles. The molecule has 0 saturated carbocycles. The van der Waals surface area contributed by atoms with Gasteiger partial charge >= 0.3 is 0 Å². The van der Waals surface area contributed by atoms with Crippen LogP contribution in [0.15, 0.2) is 39.4 Å². The zero-order valence-corrected chi connectivity index (χ0v) is 12.8. The molecular formula is C15H13N3O3S. The number of anilines is 1. The van der Waals surface area contributed by atoms with Crippen LogP contribution in [-0.4, -0.2) is 23.2 Å². The lowest BCUT2D eigenvalue weighted by Gasteiger charge is -2.10. The van der Waals surface area contributed by atoms with E-state index < -0.39 is 0 Å². The van der Waals surface area contributed by atoms with Crippen molar-refractivity contribution in [2.24, 2.45) is 0 Å². The first-order valence-electron chi connectivity index (χ1n) is 6.49. The summed E-state index contributed by atoms with van der Waals surface area (Å²) in [6.45, 7) is 1.72. The number of carbonyl (C=O) groups excluding carboxylic acids is 1. The maximum absolute atomic E-state index is 12.2. The van der Waals surface area contributed by atoms with Crippen LogP contribution >= 0.6 is 11.3 Å². The summed E-state index contributed by atoms with van der Waals surface area (Å²) in [5, 5.41) is 14.2. The minimum atomic E-state index is -0.196. The Morgan fingerprint density at radius 1 is 1.32 bits per heavy atom. The molecule has 0 atom stereocenters. The molecule has 7 heteroatoms. The molecule has 0 unspecified atom stereocenters. The first kappa shape index (κ1) is 14.3. The van der Waals surface area contributed by atoms with Gasteiger partial charge in [0.05, 0.1) is 18.4 Å². The predicted octanol–water partition coefficient (Wildman–Crippen LogP) is 3.37. The topological polar surface area (TPSA) is 77.2 Å². The smallest absolute Gasteiger partial charge is 0.256 e. The fourth-order valence-electron chi connectivity index (χ4n) is 1.94. The van der Waals surface area contributed by atoms with Crippen molar-refractivity contribution >= 4 is 22.9 Å². The molecule has 0 fully saturated rings. The van der Waals surface area contributed by atoms with Gasteiger partial charge in [-0.15, -0.1) is 10.2 Å². The molecule has 1 amide bonds. The van der Waals surface area contributed by atoms with Crippen LogP contribution in [-0.2, 0) is 0 Å². The van der Waals surface area contributed by atoms with E-state index in [9.17, 15) is 4.79 Å². The molecule has 0 radical (unpaired) electrons. The van der Waals surface area contributed by atoms with Crippen LogP contribution in [0.2, 0.25) is 0 Å². The average molecular weight is 315 g/mol. The summed E-state index contributed by atoms with van der Waals surface area (Å²) < 4.78 is 10.7. The molecule has 0 bridgehead atoms. The third-order valence-electron chi connectivity index (χ3n) is 3.00. The number of hydrogen-bond acceptors (Lipinski definition) is 6. The van der Waals surface area contributed by atoms with E-state index in [4.69, 9.17) is 9.15 Å². The van der Waals surface area contributed by atoms with Crippen LogP contribution in [0, 0.1) is 6.92 Å². The molecule has 0 aliphatic rings. The first-order valence-corrected chi connectivity index (χ1v) is 7.43. The molecule has 0 saturated heterocycles. The number of nitrogens with one attached hydrogen (secondary N) is 1. The van der Waals surface area contributed by atoms with E-state index in [2.05, 4.69) is 15.5 Å². The van der Waals surface area contributed by atoms with Gasteiger partial charge in [-0.25, -0.2) is 0 Å². The highest BCUT2D eigenvalue weighted by atomic mass is 32.1. The predicted molar refractivity (Wildman–Crippen MR) is 83.3 cm³/mol. The lowest BCUT2D eigenvalue weighted by molar-refractivity contribution is 0.102. The number of nitrogens with zero attached hydrogens (tertiary/aromatic N) is 2. The van der Waals surface area contributed by atoms with Gasteiger partial charge in [0.15, 0.2) is 0 Å².